The van der Waals surface area contributed by atoms with Gasteiger partial charge in [-0.1, -0.05) is 0 Å². The van der Waals surface area contributed by atoms with E-state index >= 15 is 0 Å². The topological polar surface area (TPSA) is 93.9 Å². The predicted molar refractivity (Wildman–Crippen MR) is 92.6 cm³/mol. The molecule has 1 amide bonds. The maximum Gasteiger partial charge on any atom is 0.323 e. The number of nitrogens with one attached hydrogen (secondary N) is 3. The molecule has 0 atom stereocenters. The molecule has 122 valence electrons. The van der Waals surface area contributed by atoms with E-state index in [2.05, 4.69) is 25.2 Å². The Bertz CT molecular complexity index is 953. The van der Waals surface area contributed by atoms with Gasteiger partial charge in [-0.05, 0) is 43.2 Å². The van der Waals surface area contributed by atoms with Crippen LogP contribution >= 0.6 is 0 Å². The lowest BCUT2D eigenvalue weighted by atomic mass is 10.2. The van der Waals surface area contributed by atoms with Crippen molar-refractivity contribution in [2.24, 2.45) is 0 Å². The number of hydrogen-bond acceptors (Lipinski definition) is 4. The van der Waals surface area contributed by atoms with Crippen molar-refractivity contribution in [1.82, 2.24) is 15.0 Å². The number of benzene rings is 1. The lowest BCUT2D eigenvalue weighted by Gasteiger charge is -2.19. The minimum atomic E-state index is -0.267. The third kappa shape index (κ3) is 2.64. The van der Waals surface area contributed by atoms with E-state index in [9.17, 15) is 9.59 Å². The van der Waals surface area contributed by atoms with Gasteiger partial charge in [0.25, 0.3) is 5.91 Å². The van der Waals surface area contributed by atoms with E-state index in [1.165, 1.54) is 0 Å². The summed E-state index contributed by atoms with van der Waals surface area (Å²) in [6.45, 7) is 1.85. The van der Waals surface area contributed by atoms with Gasteiger partial charge in [0.05, 0.1) is 16.6 Å². The Morgan fingerprint density at radius 3 is 2.75 bits per heavy atom. The molecule has 1 fully saturated rings. The van der Waals surface area contributed by atoms with Crippen molar-refractivity contribution >= 4 is 28.4 Å². The van der Waals surface area contributed by atoms with Crippen LogP contribution in [0.2, 0.25) is 0 Å². The molecular weight excluding hydrogens is 306 g/mol. The predicted octanol–water partition coefficient (Wildman–Crippen LogP) is 2.10. The first kappa shape index (κ1) is 14.5. The van der Waals surface area contributed by atoms with Crippen LogP contribution in [0.15, 0.2) is 41.3 Å². The van der Waals surface area contributed by atoms with Gasteiger partial charge in [0.2, 0.25) is 0 Å². The first-order chi connectivity index (χ1) is 11.7. The number of H-pyrrole nitrogens is 2. The number of carbonyl (C=O) groups is 1. The molecule has 0 unspecified atom stereocenters. The average Bonchev–Trinajstić information content (AvgIpc) is 3.23. The molecule has 0 bridgehead atoms. The molecule has 7 heteroatoms. The van der Waals surface area contributed by atoms with Crippen LogP contribution in [0.5, 0.6) is 0 Å². The molecule has 1 aromatic carbocycles. The summed E-state index contributed by atoms with van der Waals surface area (Å²) in [5.74, 6) is 0.519. The van der Waals surface area contributed by atoms with Gasteiger partial charge in [-0.2, -0.15) is 0 Å². The number of aromatic nitrogens is 3. The minimum absolute atomic E-state index is 0.206. The molecule has 0 saturated carbocycles. The van der Waals surface area contributed by atoms with E-state index in [4.69, 9.17) is 0 Å². The molecule has 0 radical (unpaired) electrons. The maximum absolute atomic E-state index is 12.7. The van der Waals surface area contributed by atoms with Crippen molar-refractivity contribution < 1.29 is 4.79 Å². The van der Waals surface area contributed by atoms with E-state index in [1.807, 2.05) is 0 Å². The normalized spacial score (nSPS) is 14.2. The van der Waals surface area contributed by atoms with Crippen LogP contribution in [-0.4, -0.2) is 33.9 Å². The number of aromatic amines is 2. The zero-order chi connectivity index (χ0) is 16.5. The minimum Gasteiger partial charge on any atom is -0.356 e. The number of nitrogens with zero attached hydrogens (tertiary/aromatic N) is 2. The van der Waals surface area contributed by atoms with Crippen molar-refractivity contribution in [2.45, 2.75) is 12.8 Å². The molecule has 1 aliphatic heterocycles. The Morgan fingerprint density at radius 2 is 1.92 bits per heavy atom. The molecule has 4 rings (SSSR count). The first-order valence-electron chi connectivity index (χ1n) is 7.94. The van der Waals surface area contributed by atoms with Gasteiger partial charge in [0, 0.05) is 25.0 Å². The standard InChI is InChI=1S/C17H17N5O2/c23-16(12-4-3-7-18-15(12)22-8-1-2-9-22)19-11-5-6-13-14(10-11)21-17(24)20-13/h3-7,10H,1-2,8-9H2,(H,19,23)(H2,20,21,24). The van der Waals surface area contributed by atoms with Crippen molar-refractivity contribution in [3.05, 3.63) is 52.6 Å². The van der Waals surface area contributed by atoms with Crippen LogP contribution in [-0.2, 0) is 0 Å². The summed E-state index contributed by atoms with van der Waals surface area (Å²) in [7, 11) is 0. The summed E-state index contributed by atoms with van der Waals surface area (Å²) in [6.07, 6.45) is 3.95. The van der Waals surface area contributed by atoms with Gasteiger partial charge < -0.3 is 20.2 Å². The van der Waals surface area contributed by atoms with E-state index in [-0.39, 0.29) is 11.6 Å². The van der Waals surface area contributed by atoms with Crippen LogP contribution in [0.1, 0.15) is 23.2 Å². The van der Waals surface area contributed by atoms with Crippen molar-refractivity contribution in [3.63, 3.8) is 0 Å². The molecule has 1 saturated heterocycles. The Balaban J connectivity index is 1.62. The lowest BCUT2D eigenvalue weighted by molar-refractivity contribution is 0.102. The Hall–Kier alpha value is -3.09. The smallest absolute Gasteiger partial charge is 0.323 e. The van der Waals surface area contributed by atoms with Gasteiger partial charge in [0.15, 0.2) is 0 Å². The van der Waals surface area contributed by atoms with Crippen molar-refractivity contribution in [1.29, 1.82) is 0 Å². The summed E-state index contributed by atoms with van der Waals surface area (Å²) in [4.78, 5) is 35.9. The molecular formula is C17H17N5O2. The van der Waals surface area contributed by atoms with Gasteiger partial charge in [-0.15, -0.1) is 0 Å². The number of anilines is 2. The van der Waals surface area contributed by atoms with Crippen LogP contribution in [0.3, 0.4) is 0 Å². The number of pyridine rings is 1. The number of carbonyl (C=O) groups excluding carboxylic acids is 1. The largest absolute Gasteiger partial charge is 0.356 e. The molecule has 2 aromatic heterocycles. The van der Waals surface area contributed by atoms with Crippen LogP contribution < -0.4 is 15.9 Å². The molecule has 3 aromatic rings. The summed E-state index contributed by atoms with van der Waals surface area (Å²) in [5.41, 5.74) is 2.28. The van der Waals surface area contributed by atoms with Crippen molar-refractivity contribution in [3.8, 4) is 0 Å². The molecule has 0 spiro atoms. The monoisotopic (exact) mass is 323 g/mol. The second-order valence-electron chi connectivity index (χ2n) is 5.86. The Kier molecular flexibility index (Phi) is 3.53. The van der Waals surface area contributed by atoms with Gasteiger partial charge >= 0.3 is 5.69 Å². The SMILES string of the molecule is O=C(Nc1ccc2[nH]c(=O)[nH]c2c1)c1cccnc1N1CCCC1. The molecule has 0 aliphatic carbocycles. The van der Waals surface area contributed by atoms with Gasteiger partial charge in [-0.3, -0.25) is 4.79 Å². The highest BCUT2D eigenvalue weighted by molar-refractivity contribution is 6.08. The van der Waals surface area contributed by atoms with Gasteiger partial charge in [0.1, 0.15) is 5.82 Å². The van der Waals surface area contributed by atoms with Crippen LogP contribution in [0.4, 0.5) is 11.5 Å². The van der Waals surface area contributed by atoms with Crippen LogP contribution in [0.25, 0.3) is 11.0 Å². The van der Waals surface area contributed by atoms with Crippen molar-refractivity contribution in [2.75, 3.05) is 23.3 Å². The molecule has 3 N–H and O–H groups in total. The van der Waals surface area contributed by atoms with E-state index < -0.39 is 0 Å². The number of fused-ring (bicyclic) bond motifs is 1. The number of rotatable bonds is 3. The highest BCUT2D eigenvalue weighted by Crippen LogP contribution is 2.23. The second-order valence-corrected chi connectivity index (χ2v) is 5.86. The number of hydrogen-bond donors (Lipinski definition) is 3. The highest BCUT2D eigenvalue weighted by atomic mass is 16.2. The molecule has 3 heterocycles. The summed E-state index contributed by atoms with van der Waals surface area (Å²) >= 11 is 0. The van der Waals surface area contributed by atoms with E-state index in [1.54, 1.807) is 36.5 Å². The Morgan fingerprint density at radius 1 is 1.12 bits per heavy atom. The molecule has 24 heavy (non-hydrogen) atoms. The fourth-order valence-electron chi connectivity index (χ4n) is 3.06. The quantitative estimate of drug-likeness (QED) is 0.688. The number of amides is 1. The maximum atomic E-state index is 12.7. The highest BCUT2D eigenvalue weighted by Gasteiger charge is 2.20. The molecule has 1 aliphatic rings. The fraction of sp³-hybridized carbons (Fsp3) is 0.235. The van der Waals surface area contributed by atoms with Gasteiger partial charge in [-0.25, -0.2) is 9.78 Å². The summed E-state index contributed by atoms with van der Waals surface area (Å²) < 4.78 is 0. The lowest BCUT2D eigenvalue weighted by Crippen LogP contribution is -2.24. The second kappa shape index (κ2) is 5.84. The molecule has 7 nitrogen and oxygen atoms in total. The summed E-state index contributed by atoms with van der Waals surface area (Å²) in [6, 6.07) is 8.80. The van der Waals surface area contributed by atoms with E-state index in [0.717, 1.165) is 31.7 Å². The first-order valence-corrected chi connectivity index (χ1v) is 7.94. The van der Waals surface area contributed by atoms with E-state index in [0.29, 0.717) is 22.3 Å². The zero-order valence-corrected chi connectivity index (χ0v) is 13.0. The third-order valence-corrected chi connectivity index (χ3v) is 4.21. The average molecular weight is 323 g/mol. The van der Waals surface area contributed by atoms with Crippen LogP contribution in [0, 0.1) is 0 Å². The Labute approximate surface area is 137 Å². The number of imidazole rings is 1. The third-order valence-electron chi connectivity index (χ3n) is 4.21. The zero-order valence-electron chi connectivity index (χ0n) is 13.0. The summed E-state index contributed by atoms with van der Waals surface area (Å²) in [5, 5.41) is 2.88. The fourth-order valence-corrected chi connectivity index (χ4v) is 3.06.